The third-order valence-corrected chi connectivity index (χ3v) is 4.75. The van der Waals surface area contributed by atoms with E-state index in [1.54, 1.807) is 24.5 Å². The van der Waals surface area contributed by atoms with Crippen LogP contribution in [0.1, 0.15) is 52.7 Å². The predicted molar refractivity (Wildman–Crippen MR) is 95.8 cm³/mol. The highest BCUT2D eigenvalue weighted by Gasteiger charge is 2.35. The predicted octanol–water partition coefficient (Wildman–Crippen LogP) is 3.95. The molecule has 0 atom stereocenters. The second-order valence-corrected chi connectivity index (χ2v) is 6.73. The highest BCUT2D eigenvalue weighted by molar-refractivity contribution is 5.94. The first-order valence-electron chi connectivity index (χ1n) is 8.65. The third kappa shape index (κ3) is 4.66. The number of alkyl halides is 2. The average molecular weight is 354 g/mol. The van der Waals surface area contributed by atoms with Crippen LogP contribution in [0.25, 0.3) is 0 Å². The number of nitrogens with zero attached hydrogens (tertiary/aromatic N) is 1. The Morgan fingerprint density at radius 1 is 1.12 bits per heavy atom. The van der Waals surface area contributed by atoms with Gasteiger partial charge in [0.15, 0.2) is 0 Å². The fourth-order valence-electron chi connectivity index (χ4n) is 3.28. The summed E-state index contributed by atoms with van der Waals surface area (Å²) in [5.74, 6) is 3.19. The number of pyridine rings is 1. The molecule has 1 fully saturated rings. The summed E-state index contributed by atoms with van der Waals surface area (Å²) in [6.07, 6.45) is 4.64. The second-order valence-electron chi connectivity index (χ2n) is 6.73. The molecule has 0 unspecified atom stereocenters. The molecule has 3 nitrogen and oxygen atoms in total. The zero-order valence-corrected chi connectivity index (χ0v) is 14.3. The first-order valence-corrected chi connectivity index (χ1v) is 8.65. The molecule has 1 aliphatic carbocycles. The number of halogens is 2. The molecule has 1 aromatic heterocycles. The largest absolute Gasteiger partial charge is 0.366 e. The quantitative estimate of drug-likeness (QED) is 0.849. The van der Waals surface area contributed by atoms with E-state index in [9.17, 15) is 13.6 Å². The van der Waals surface area contributed by atoms with Crippen LogP contribution in [0.15, 0.2) is 42.7 Å². The molecule has 3 rings (SSSR count). The Bertz CT molecular complexity index is 843. The molecular formula is C21H20F2N2O. The molecule has 0 saturated heterocycles. The van der Waals surface area contributed by atoms with Gasteiger partial charge in [-0.25, -0.2) is 8.78 Å². The summed E-state index contributed by atoms with van der Waals surface area (Å²) in [5, 5.41) is 0. The van der Waals surface area contributed by atoms with Crippen LogP contribution in [0.5, 0.6) is 0 Å². The first kappa shape index (κ1) is 18.1. The van der Waals surface area contributed by atoms with Crippen molar-refractivity contribution in [3.8, 4) is 11.8 Å². The van der Waals surface area contributed by atoms with E-state index in [1.165, 1.54) is 0 Å². The smallest absolute Gasteiger partial charge is 0.248 e. The molecule has 5 heteroatoms. The summed E-state index contributed by atoms with van der Waals surface area (Å²) in [5.41, 5.74) is 8.31. The standard InChI is InChI=1S/C21H20F2N2O/c22-21(23)9-5-17(6-10-21)14-18-13-16(3-4-19(18)20(24)26)2-1-15-7-11-25-12-8-15/h3-4,7-8,11-13,17H,5-6,9-10,14H2,(H2,24,26). The number of aromatic nitrogens is 1. The van der Waals surface area contributed by atoms with Gasteiger partial charge in [0.05, 0.1) is 0 Å². The van der Waals surface area contributed by atoms with Crippen LogP contribution < -0.4 is 5.73 Å². The van der Waals surface area contributed by atoms with Crippen LogP contribution in [-0.2, 0) is 6.42 Å². The molecule has 2 N–H and O–H groups in total. The lowest BCUT2D eigenvalue weighted by Crippen LogP contribution is -2.26. The minimum Gasteiger partial charge on any atom is -0.366 e. The molecule has 1 saturated carbocycles. The monoisotopic (exact) mass is 354 g/mol. The van der Waals surface area contributed by atoms with Crippen LogP contribution in [0, 0.1) is 17.8 Å². The molecular weight excluding hydrogens is 334 g/mol. The third-order valence-electron chi connectivity index (χ3n) is 4.75. The van der Waals surface area contributed by atoms with Gasteiger partial charge in [-0.3, -0.25) is 9.78 Å². The van der Waals surface area contributed by atoms with Gasteiger partial charge in [-0.2, -0.15) is 0 Å². The maximum Gasteiger partial charge on any atom is 0.248 e. The Labute approximate surface area is 151 Å². The van der Waals surface area contributed by atoms with E-state index < -0.39 is 11.8 Å². The normalized spacial score (nSPS) is 16.5. The summed E-state index contributed by atoms with van der Waals surface area (Å²) in [6, 6.07) is 8.90. The summed E-state index contributed by atoms with van der Waals surface area (Å²) in [6.45, 7) is 0. The fraction of sp³-hybridized carbons (Fsp3) is 0.333. The lowest BCUT2D eigenvalue weighted by atomic mass is 9.82. The topological polar surface area (TPSA) is 56.0 Å². The van der Waals surface area contributed by atoms with Gasteiger partial charge in [0.2, 0.25) is 11.8 Å². The van der Waals surface area contributed by atoms with Crippen molar-refractivity contribution in [2.75, 3.05) is 0 Å². The zero-order chi connectivity index (χ0) is 18.6. The Morgan fingerprint density at radius 3 is 2.42 bits per heavy atom. The lowest BCUT2D eigenvalue weighted by Gasteiger charge is -2.28. The summed E-state index contributed by atoms with van der Waals surface area (Å²) in [7, 11) is 0. The van der Waals surface area contributed by atoms with Gasteiger partial charge in [0, 0.05) is 41.9 Å². The van der Waals surface area contributed by atoms with Gasteiger partial charge in [-0.1, -0.05) is 11.8 Å². The average Bonchev–Trinajstić information content (AvgIpc) is 2.62. The van der Waals surface area contributed by atoms with Crippen LogP contribution in [0.4, 0.5) is 8.78 Å². The molecule has 1 heterocycles. The van der Waals surface area contributed by atoms with E-state index >= 15 is 0 Å². The van der Waals surface area contributed by atoms with Crippen LogP contribution in [-0.4, -0.2) is 16.8 Å². The highest BCUT2D eigenvalue weighted by atomic mass is 19.3. The Morgan fingerprint density at radius 2 is 1.77 bits per heavy atom. The Hall–Kier alpha value is -2.74. The molecule has 0 radical (unpaired) electrons. The van der Waals surface area contributed by atoms with Crippen molar-refractivity contribution in [1.29, 1.82) is 0 Å². The maximum atomic E-state index is 13.4. The number of rotatable bonds is 3. The van der Waals surface area contributed by atoms with E-state index in [1.807, 2.05) is 18.2 Å². The molecule has 1 aromatic carbocycles. The van der Waals surface area contributed by atoms with Crippen molar-refractivity contribution in [2.45, 2.75) is 38.0 Å². The first-order chi connectivity index (χ1) is 12.4. The van der Waals surface area contributed by atoms with E-state index in [0.717, 1.165) is 16.7 Å². The molecule has 0 aliphatic heterocycles. The van der Waals surface area contributed by atoms with Crippen molar-refractivity contribution >= 4 is 5.91 Å². The molecule has 1 amide bonds. The van der Waals surface area contributed by atoms with Gasteiger partial charge < -0.3 is 5.73 Å². The van der Waals surface area contributed by atoms with Gasteiger partial charge >= 0.3 is 0 Å². The van der Waals surface area contributed by atoms with Crippen molar-refractivity contribution in [2.24, 2.45) is 11.7 Å². The van der Waals surface area contributed by atoms with Gasteiger partial charge in [-0.15, -0.1) is 0 Å². The number of hydrogen-bond acceptors (Lipinski definition) is 2. The Kier molecular flexibility index (Phi) is 5.32. The number of nitrogens with two attached hydrogens (primary N) is 1. The molecule has 2 aromatic rings. The van der Waals surface area contributed by atoms with Crippen LogP contribution >= 0.6 is 0 Å². The second kappa shape index (κ2) is 7.65. The van der Waals surface area contributed by atoms with E-state index in [0.29, 0.717) is 24.8 Å². The van der Waals surface area contributed by atoms with Crippen molar-refractivity contribution in [3.63, 3.8) is 0 Å². The number of carbonyl (C=O) groups is 1. The van der Waals surface area contributed by atoms with Crippen LogP contribution in [0.2, 0.25) is 0 Å². The molecule has 134 valence electrons. The number of amides is 1. The number of primary amides is 1. The lowest BCUT2D eigenvalue weighted by molar-refractivity contribution is -0.0456. The molecule has 26 heavy (non-hydrogen) atoms. The van der Waals surface area contributed by atoms with Crippen molar-refractivity contribution < 1.29 is 13.6 Å². The van der Waals surface area contributed by atoms with Crippen LogP contribution in [0.3, 0.4) is 0 Å². The molecule has 0 bridgehead atoms. The minimum absolute atomic E-state index is 0.0922. The highest BCUT2D eigenvalue weighted by Crippen LogP contribution is 2.37. The fourth-order valence-corrected chi connectivity index (χ4v) is 3.28. The van der Waals surface area contributed by atoms with Crippen molar-refractivity contribution in [3.05, 3.63) is 65.0 Å². The van der Waals surface area contributed by atoms with E-state index in [-0.39, 0.29) is 18.8 Å². The summed E-state index contributed by atoms with van der Waals surface area (Å²) in [4.78, 5) is 15.7. The van der Waals surface area contributed by atoms with E-state index in [4.69, 9.17) is 5.73 Å². The summed E-state index contributed by atoms with van der Waals surface area (Å²) < 4.78 is 26.7. The molecule has 1 aliphatic rings. The van der Waals surface area contributed by atoms with Crippen molar-refractivity contribution in [1.82, 2.24) is 4.98 Å². The van der Waals surface area contributed by atoms with Gasteiger partial charge in [0.25, 0.3) is 0 Å². The maximum absolute atomic E-state index is 13.4. The van der Waals surface area contributed by atoms with E-state index in [2.05, 4.69) is 16.8 Å². The Balaban J connectivity index is 1.81. The molecule has 0 spiro atoms. The minimum atomic E-state index is -2.55. The number of benzene rings is 1. The SMILES string of the molecule is NC(=O)c1ccc(C#Cc2ccncc2)cc1CC1CCC(F)(F)CC1. The number of hydrogen-bond donors (Lipinski definition) is 1. The zero-order valence-electron chi connectivity index (χ0n) is 14.3. The van der Waals surface area contributed by atoms with Gasteiger partial charge in [-0.05, 0) is 61.1 Å². The summed E-state index contributed by atoms with van der Waals surface area (Å²) >= 11 is 0. The van der Waals surface area contributed by atoms with Gasteiger partial charge in [0.1, 0.15) is 0 Å². The number of carbonyl (C=O) groups excluding carboxylic acids is 1.